The molecule has 4 aromatic carbocycles. The first-order chi connectivity index (χ1) is 41.5. The van der Waals surface area contributed by atoms with Crippen LogP contribution in [-0.2, 0) is 61.6 Å². The first kappa shape index (κ1) is 68.5. The van der Waals surface area contributed by atoms with Gasteiger partial charge in [0.25, 0.3) is 0 Å². The summed E-state index contributed by atoms with van der Waals surface area (Å²) in [5.41, 5.74) is 2.66. The second-order valence-electron chi connectivity index (χ2n) is 23.8. The summed E-state index contributed by atoms with van der Waals surface area (Å²) in [7, 11) is 3.19. The van der Waals surface area contributed by atoms with Crippen LogP contribution < -0.4 is 36.2 Å². The zero-order valence-electron chi connectivity index (χ0n) is 51.2. The summed E-state index contributed by atoms with van der Waals surface area (Å²) in [5.74, 6) is 1.27. The molecule has 8 atom stereocenters. The fraction of sp³-hybridized carbons (Fsp3) is 0.446. The van der Waals surface area contributed by atoms with E-state index in [-0.39, 0.29) is 67.2 Å². The highest BCUT2D eigenvalue weighted by molar-refractivity contribution is 5.96. The van der Waals surface area contributed by atoms with Crippen molar-refractivity contribution in [2.45, 2.75) is 155 Å². The van der Waals surface area contributed by atoms with Crippen molar-refractivity contribution in [2.75, 3.05) is 36.2 Å². The lowest BCUT2D eigenvalue weighted by atomic mass is 9.76. The van der Waals surface area contributed by atoms with Crippen molar-refractivity contribution in [3.63, 3.8) is 0 Å². The second kappa shape index (κ2) is 30.3. The normalized spacial score (nSPS) is 18.5. The average molecular weight is 1220 g/mol. The number of unbranched alkanes of at least 4 members (excludes halogenated alkanes) is 1. The SMILES string of the molecule is CNC(C(=O)N[C@H](C(=O)N(C)[C@H](/C=C(\C)C(=O)O)C(C)C)C(C)(C)C)C(C)(C)c1cccc(NC(=O)OCc2ccc(OC3OC(C(=O)O)C(O)C(O)C3O)c(NC(=O)CCNC(=O)CCCCC(=O)N3Cc4ccccc4C#Cc4ccccc43)c2)c1. The van der Waals surface area contributed by atoms with Crippen molar-refractivity contribution in [3.05, 3.63) is 130 Å². The lowest BCUT2D eigenvalue weighted by Gasteiger charge is -2.40. The van der Waals surface area contributed by atoms with Gasteiger partial charge in [0, 0.05) is 60.7 Å². The number of carbonyl (C=O) groups excluding carboxylic acids is 6. The van der Waals surface area contributed by atoms with Crippen molar-refractivity contribution in [2.24, 2.45) is 11.3 Å². The molecular weight excluding hydrogens is 1130 g/mol. The molecule has 6 amide bonds. The molecule has 6 unspecified atom stereocenters. The summed E-state index contributed by atoms with van der Waals surface area (Å²) in [4.78, 5) is 109. The van der Waals surface area contributed by atoms with Gasteiger partial charge in [-0.1, -0.05) is 115 Å². The smallest absolute Gasteiger partial charge is 0.411 e. The second-order valence-corrected chi connectivity index (χ2v) is 23.8. The predicted molar refractivity (Wildman–Crippen MR) is 326 cm³/mol. The number of carboxylic acids is 2. The predicted octanol–water partition coefficient (Wildman–Crippen LogP) is 5.57. The number of benzene rings is 4. The highest BCUT2D eigenvalue weighted by atomic mass is 16.7. The Hall–Kier alpha value is -8.66. The van der Waals surface area contributed by atoms with E-state index in [0.717, 1.165) is 16.7 Å². The molecule has 23 nitrogen and oxygen atoms in total. The van der Waals surface area contributed by atoms with E-state index in [4.69, 9.17) is 14.2 Å². The van der Waals surface area contributed by atoms with E-state index in [2.05, 4.69) is 38.4 Å². The van der Waals surface area contributed by atoms with E-state index >= 15 is 0 Å². The molecule has 88 heavy (non-hydrogen) atoms. The lowest BCUT2D eigenvalue weighted by Crippen LogP contribution is -2.61. The summed E-state index contributed by atoms with van der Waals surface area (Å²) >= 11 is 0. The van der Waals surface area contributed by atoms with E-state index in [0.29, 0.717) is 41.9 Å². The summed E-state index contributed by atoms with van der Waals surface area (Å²) in [6.45, 7) is 14.1. The lowest BCUT2D eigenvalue weighted by molar-refractivity contribution is -0.271. The Morgan fingerprint density at radius 2 is 1.45 bits per heavy atom. The summed E-state index contributed by atoms with van der Waals surface area (Å²) in [6, 6.07) is 23.4. The Balaban J connectivity index is 1.08. The van der Waals surface area contributed by atoms with Gasteiger partial charge in [0.1, 0.15) is 36.7 Å². The van der Waals surface area contributed by atoms with Gasteiger partial charge in [0.2, 0.25) is 35.8 Å². The molecule has 2 heterocycles. The van der Waals surface area contributed by atoms with Gasteiger partial charge in [0.05, 0.1) is 30.0 Å². The Morgan fingerprint density at radius 1 is 0.784 bits per heavy atom. The monoisotopic (exact) mass is 1220 g/mol. The summed E-state index contributed by atoms with van der Waals surface area (Å²) in [5, 5.41) is 64.8. The Labute approximate surface area is 512 Å². The van der Waals surface area contributed by atoms with Gasteiger partial charge in [-0.15, -0.1) is 0 Å². The number of rotatable bonds is 25. The number of aliphatic hydroxyl groups excluding tert-OH is 3. The number of anilines is 3. The number of nitrogens with one attached hydrogen (secondary N) is 5. The fourth-order valence-corrected chi connectivity index (χ4v) is 10.3. The van der Waals surface area contributed by atoms with Crippen molar-refractivity contribution in [1.29, 1.82) is 0 Å². The van der Waals surface area contributed by atoms with Crippen LogP contribution in [0.1, 0.15) is 115 Å². The van der Waals surface area contributed by atoms with Gasteiger partial charge < -0.3 is 70.8 Å². The molecule has 0 spiro atoms. The molecule has 0 aromatic heterocycles. The Kier molecular flexibility index (Phi) is 23.6. The van der Waals surface area contributed by atoms with Gasteiger partial charge in [-0.2, -0.15) is 0 Å². The number of nitrogens with zero attached hydrogens (tertiary/aromatic N) is 2. The minimum Gasteiger partial charge on any atom is -0.479 e. The van der Waals surface area contributed by atoms with E-state index in [1.54, 1.807) is 43.3 Å². The van der Waals surface area contributed by atoms with Crippen molar-refractivity contribution < 1.29 is 78.1 Å². The van der Waals surface area contributed by atoms with Crippen molar-refractivity contribution >= 4 is 64.6 Å². The molecular formula is C65H81N7O16. The largest absolute Gasteiger partial charge is 0.479 e. The maximum atomic E-state index is 14.3. The van der Waals surface area contributed by atoms with Crippen molar-refractivity contribution in [1.82, 2.24) is 20.9 Å². The number of hydrogen-bond acceptors (Lipinski definition) is 15. The standard InChI is InChI=1S/C65H81N7O16/c1-37(2)47(32-38(3)60(81)82)71(10)59(80)57(64(4,5)6)70-58(79)56(66-9)65(7,8)43-21-17-22-44(34-43)68-63(85)86-36-39-26-29-48(87-62-54(78)52(76)53(77)55(88-62)61(83)84)45(33-39)69-50(74)30-31-67-49(73)24-15-16-25-51(75)72-35-42-20-12-11-18-40(42)27-28-41-19-13-14-23-46(41)72/h11-14,17-23,26,29,32-34,37,47,52-57,62,66,76-78H,15-16,24-25,30-31,35-36H2,1-10H3,(H,67,73)(H,68,85)(H,69,74)(H,70,79)(H,81,82)(H,83,84)/b38-32+/t47-,52?,53?,54?,55?,56?,57-,62?/m1/s1. The third-order valence-electron chi connectivity index (χ3n) is 15.4. The van der Waals surface area contributed by atoms with E-state index in [1.807, 2.05) is 97.0 Å². The molecule has 4 aromatic rings. The molecule has 1 saturated heterocycles. The number of ether oxygens (including phenoxy) is 3. The van der Waals surface area contributed by atoms with Crippen LogP contribution in [0.2, 0.25) is 0 Å². The Bertz CT molecular complexity index is 3310. The first-order valence-corrected chi connectivity index (χ1v) is 29.0. The highest BCUT2D eigenvalue weighted by Crippen LogP contribution is 2.34. The highest BCUT2D eigenvalue weighted by Gasteiger charge is 2.48. The molecule has 2 aliphatic heterocycles. The van der Waals surface area contributed by atoms with Gasteiger partial charge in [-0.25, -0.2) is 14.4 Å². The minimum atomic E-state index is -2.01. The van der Waals surface area contributed by atoms with E-state index < -0.39 is 95.4 Å². The molecule has 0 radical (unpaired) electrons. The third kappa shape index (κ3) is 17.8. The van der Waals surface area contributed by atoms with Crippen LogP contribution in [0.4, 0.5) is 21.9 Å². The van der Waals surface area contributed by atoms with E-state index in [1.165, 1.54) is 36.1 Å². The van der Waals surface area contributed by atoms with Crippen LogP contribution in [0, 0.1) is 23.2 Å². The number of aliphatic hydroxyl groups is 3. The van der Waals surface area contributed by atoms with Gasteiger partial charge >= 0.3 is 18.0 Å². The van der Waals surface area contributed by atoms with Gasteiger partial charge in [0.15, 0.2) is 6.10 Å². The van der Waals surface area contributed by atoms with Crippen molar-refractivity contribution in [3.8, 4) is 17.6 Å². The molecule has 1 fully saturated rings. The van der Waals surface area contributed by atoms with E-state index in [9.17, 15) is 63.9 Å². The fourth-order valence-electron chi connectivity index (χ4n) is 10.3. The number of amides is 6. The summed E-state index contributed by atoms with van der Waals surface area (Å²) in [6.07, 6.45) is -8.38. The number of fused-ring (bicyclic) bond motifs is 2. The number of para-hydroxylation sites is 1. The van der Waals surface area contributed by atoms with Crippen LogP contribution in [0.5, 0.6) is 5.75 Å². The van der Waals surface area contributed by atoms with Crippen LogP contribution in [0.25, 0.3) is 0 Å². The maximum absolute atomic E-state index is 14.3. The molecule has 0 bridgehead atoms. The molecule has 2 aliphatic rings. The van der Waals surface area contributed by atoms with Crippen LogP contribution in [0.15, 0.2) is 103 Å². The Morgan fingerprint density at radius 3 is 2.12 bits per heavy atom. The number of likely N-dealkylation sites (N-methyl/N-ethyl adjacent to an activating group) is 2. The molecule has 23 heteroatoms. The number of carboxylic acid groups (broad SMARTS) is 2. The molecule has 472 valence electrons. The van der Waals surface area contributed by atoms with Gasteiger partial charge in [-0.05, 0) is 97.3 Å². The van der Waals surface area contributed by atoms with Crippen LogP contribution in [-0.4, -0.2) is 147 Å². The number of carbonyl (C=O) groups is 8. The molecule has 10 N–H and O–H groups in total. The topological polar surface area (TPSA) is 332 Å². The minimum absolute atomic E-state index is 0.0741. The number of aliphatic carboxylic acids is 2. The van der Waals surface area contributed by atoms with Crippen LogP contribution >= 0.6 is 0 Å². The zero-order chi connectivity index (χ0) is 64.8. The first-order valence-electron chi connectivity index (χ1n) is 29.0. The van der Waals surface area contributed by atoms with Gasteiger partial charge in [-0.3, -0.25) is 29.3 Å². The zero-order valence-corrected chi connectivity index (χ0v) is 51.2. The summed E-state index contributed by atoms with van der Waals surface area (Å²) < 4.78 is 16.7. The molecule has 0 saturated carbocycles. The van der Waals surface area contributed by atoms with Crippen LogP contribution in [0.3, 0.4) is 0 Å². The average Bonchev–Trinajstić information content (AvgIpc) is 2.61. The maximum Gasteiger partial charge on any atom is 0.411 e. The number of hydrogen-bond donors (Lipinski definition) is 10. The quantitative estimate of drug-likeness (QED) is 0.0220. The molecule has 0 aliphatic carbocycles. The molecule has 6 rings (SSSR count). The third-order valence-corrected chi connectivity index (χ3v) is 15.4.